The Morgan fingerprint density at radius 2 is 2.00 bits per heavy atom. The Bertz CT molecular complexity index is 170. The second kappa shape index (κ2) is 8.68. The summed E-state index contributed by atoms with van der Waals surface area (Å²) in [5.74, 6) is -0.324. The maximum Gasteiger partial charge on any atom is 0.311 e. The van der Waals surface area contributed by atoms with E-state index in [1.807, 2.05) is 13.8 Å². The third-order valence-electron chi connectivity index (χ3n) is 2.37. The first-order valence-electron chi connectivity index (χ1n) is 5.34. The molecule has 0 aliphatic rings. The van der Waals surface area contributed by atoms with Gasteiger partial charge in [0.25, 0.3) is 0 Å². The molecule has 0 rings (SSSR count). The molecule has 0 aliphatic heterocycles. The molecule has 0 saturated heterocycles. The van der Waals surface area contributed by atoms with E-state index in [1.165, 1.54) is 0 Å². The Kier molecular flexibility index (Phi) is 8.33. The van der Waals surface area contributed by atoms with Crippen molar-refractivity contribution in [3.63, 3.8) is 0 Å². The molecule has 2 unspecified atom stereocenters. The number of carbonyl (C=O) groups excluding carboxylic acids is 1. The zero-order chi connectivity index (χ0) is 11.7. The van der Waals surface area contributed by atoms with Crippen molar-refractivity contribution in [3.8, 4) is 0 Å². The average molecular weight is 218 g/mol. The van der Waals surface area contributed by atoms with Crippen LogP contribution in [-0.4, -0.2) is 39.5 Å². The van der Waals surface area contributed by atoms with Gasteiger partial charge in [0.05, 0.1) is 25.2 Å². The molecule has 0 bridgehead atoms. The van der Waals surface area contributed by atoms with E-state index < -0.39 is 0 Å². The van der Waals surface area contributed by atoms with Crippen LogP contribution in [0.5, 0.6) is 0 Å². The van der Waals surface area contributed by atoms with Gasteiger partial charge in [-0.25, -0.2) is 0 Å². The maximum atomic E-state index is 11.5. The normalized spacial score (nSPS) is 14.7. The van der Waals surface area contributed by atoms with Gasteiger partial charge in [-0.05, 0) is 13.3 Å². The molecule has 90 valence electrons. The fourth-order valence-corrected chi connectivity index (χ4v) is 1.11. The zero-order valence-corrected chi connectivity index (χ0v) is 10.1. The lowest BCUT2D eigenvalue weighted by molar-refractivity contribution is -0.151. The Labute approximate surface area is 91.9 Å². The quantitative estimate of drug-likeness (QED) is 0.581. The summed E-state index contributed by atoms with van der Waals surface area (Å²) < 4.78 is 15.1. The highest BCUT2D eigenvalue weighted by atomic mass is 16.5. The van der Waals surface area contributed by atoms with Crippen LogP contribution in [0.3, 0.4) is 0 Å². The summed E-state index contributed by atoms with van der Waals surface area (Å²) in [5, 5.41) is 0. The van der Waals surface area contributed by atoms with Gasteiger partial charge >= 0.3 is 5.97 Å². The van der Waals surface area contributed by atoms with Crippen molar-refractivity contribution in [1.82, 2.24) is 0 Å². The van der Waals surface area contributed by atoms with Gasteiger partial charge in [-0.2, -0.15) is 0 Å². The number of ether oxygens (including phenoxy) is 3. The summed E-state index contributed by atoms with van der Waals surface area (Å²) in [7, 11) is 3.23. The summed E-state index contributed by atoms with van der Waals surface area (Å²) in [6, 6.07) is 0. The van der Waals surface area contributed by atoms with Crippen LogP contribution in [0.25, 0.3) is 0 Å². The second-order valence-electron chi connectivity index (χ2n) is 3.56. The average Bonchev–Trinajstić information content (AvgIpc) is 2.25. The molecule has 0 saturated carbocycles. The first kappa shape index (κ1) is 14.4. The minimum absolute atomic E-state index is 0.125. The van der Waals surface area contributed by atoms with Crippen molar-refractivity contribution >= 4 is 5.97 Å². The molecule has 0 N–H and O–H groups in total. The van der Waals surface area contributed by atoms with Crippen LogP contribution in [0.4, 0.5) is 0 Å². The van der Waals surface area contributed by atoms with Crippen LogP contribution in [0.2, 0.25) is 0 Å². The molecule has 0 aromatic rings. The van der Waals surface area contributed by atoms with E-state index in [0.29, 0.717) is 13.2 Å². The fourth-order valence-electron chi connectivity index (χ4n) is 1.11. The summed E-state index contributed by atoms with van der Waals surface area (Å²) >= 11 is 0. The van der Waals surface area contributed by atoms with Crippen molar-refractivity contribution in [2.24, 2.45) is 5.92 Å². The number of esters is 1. The number of rotatable bonds is 8. The molecular formula is C11H22O4. The molecule has 0 spiro atoms. The summed E-state index contributed by atoms with van der Waals surface area (Å²) in [4.78, 5) is 11.5. The lowest BCUT2D eigenvalue weighted by Gasteiger charge is -2.14. The smallest absolute Gasteiger partial charge is 0.311 e. The van der Waals surface area contributed by atoms with Crippen LogP contribution in [-0.2, 0) is 19.0 Å². The molecule has 0 aliphatic carbocycles. The minimum atomic E-state index is -0.178. The molecule has 4 nitrogen and oxygen atoms in total. The van der Waals surface area contributed by atoms with Crippen molar-refractivity contribution < 1.29 is 19.0 Å². The van der Waals surface area contributed by atoms with Crippen LogP contribution in [0.1, 0.15) is 26.7 Å². The van der Waals surface area contributed by atoms with Gasteiger partial charge in [-0.3, -0.25) is 4.79 Å². The number of hydrogen-bond acceptors (Lipinski definition) is 4. The van der Waals surface area contributed by atoms with E-state index in [-0.39, 0.29) is 18.0 Å². The van der Waals surface area contributed by atoms with Crippen molar-refractivity contribution in [1.29, 1.82) is 0 Å². The van der Waals surface area contributed by atoms with Gasteiger partial charge < -0.3 is 14.2 Å². The third kappa shape index (κ3) is 6.47. The monoisotopic (exact) mass is 218 g/mol. The molecule has 0 amide bonds. The number of carbonyl (C=O) groups is 1. The highest BCUT2D eigenvalue weighted by molar-refractivity contribution is 5.72. The molecule has 0 aromatic carbocycles. The van der Waals surface area contributed by atoms with E-state index in [9.17, 15) is 4.79 Å². The van der Waals surface area contributed by atoms with Gasteiger partial charge in [0, 0.05) is 20.6 Å². The summed E-state index contributed by atoms with van der Waals surface area (Å²) in [6.45, 7) is 4.73. The zero-order valence-electron chi connectivity index (χ0n) is 10.1. The van der Waals surface area contributed by atoms with Gasteiger partial charge in [0.1, 0.15) is 0 Å². The minimum Gasteiger partial charge on any atom is -0.465 e. The van der Waals surface area contributed by atoms with Crippen molar-refractivity contribution in [2.75, 3.05) is 27.4 Å². The first-order chi connectivity index (χ1) is 7.15. The van der Waals surface area contributed by atoms with Gasteiger partial charge in [0.15, 0.2) is 0 Å². The second-order valence-corrected chi connectivity index (χ2v) is 3.56. The molecule has 0 radical (unpaired) electrons. The standard InChI is InChI=1S/C11H22O4/c1-5-10(8-13-3)11(12)15-7-6-9(2)14-4/h9-10H,5-8H2,1-4H3. The molecule has 0 aromatic heterocycles. The molecular weight excluding hydrogens is 196 g/mol. The van der Waals surface area contributed by atoms with E-state index in [4.69, 9.17) is 14.2 Å². The van der Waals surface area contributed by atoms with E-state index >= 15 is 0 Å². The van der Waals surface area contributed by atoms with E-state index in [2.05, 4.69) is 0 Å². The summed E-state index contributed by atoms with van der Waals surface area (Å²) in [5.41, 5.74) is 0. The van der Waals surface area contributed by atoms with Crippen LogP contribution >= 0.6 is 0 Å². The SMILES string of the molecule is CCC(COC)C(=O)OCCC(C)OC. The maximum absolute atomic E-state index is 11.5. The predicted molar refractivity (Wildman–Crippen MR) is 57.7 cm³/mol. The third-order valence-corrected chi connectivity index (χ3v) is 2.37. The Morgan fingerprint density at radius 1 is 1.33 bits per heavy atom. The van der Waals surface area contributed by atoms with Crippen LogP contribution in [0.15, 0.2) is 0 Å². The molecule has 4 heteroatoms. The number of methoxy groups -OCH3 is 2. The van der Waals surface area contributed by atoms with Crippen molar-refractivity contribution in [2.45, 2.75) is 32.8 Å². The first-order valence-corrected chi connectivity index (χ1v) is 5.34. The lowest BCUT2D eigenvalue weighted by Crippen LogP contribution is -2.23. The van der Waals surface area contributed by atoms with E-state index in [1.54, 1.807) is 14.2 Å². The summed E-state index contributed by atoms with van der Waals surface area (Å²) in [6.07, 6.45) is 1.60. The largest absolute Gasteiger partial charge is 0.465 e. The molecule has 0 fully saturated rings. The van der Waals surface area contributed by atoms with Gasteiger partial charge in [-0.1, -0.05) is 6.92 Å². The van der Waals surface area contributed by atoms with Gasteiger partial charge in [0.2, 0.25) is 0 Å². The lowest BCUT2D eigenvalue weighted by atomic mass is 10.1. The van der Waals surface area contributed by atoms with Crippen LogP contribution < -0.4 is 0 Å². The van der Waals surface area contributed by atoms with Crippen molar-refractivity contribution in [3.05, 3.63) is 0 Å². The van der Waals surface area contributed by atoms with E-state index in [0.717, 1.165) is 12.8 Å². The number of hydrogen-bond donors (Lipinski definition) is 0. The molecule has 0 heterocycles. The van der Waals surface area contributed by atoms with Crippen LogP contribution in [0, 0.1) is 5.92 Å². The predicted octanol–water partition coefficient (Wildman–Crippen LogP) is 1.63. The molecule has 2 atom stereocenters. The fraction of sp³-hybridized carbons (Fsp3) is 0.909. The Hall–Kier alpha value is -0.610. The Balaban J connectivity index is 3.71. The Morgan fingerprint density at radius 3 is 2.47 bits per heavy atom. The molecule has 15 heavy (non-hydrogen) atoms. The highest BCUT2D eigenvalue weighted by Crippen LogP contribution is 2.06. The van der Waals surface area contributed by atoms with Gasteiger partial charge in [-0.15, -0.1) is 0 Å². The topological polar surface area (TPSA) is 44.8 Å². The highest BCUT2D eigenvalue weighted by Gasteiger charge is 2.17.